The predicted octanol–water partition coefficient (Wildman–Crippen LogP) is 3.92. The van der Waals surface area contributed by atoms with Crippen molar-refractivity contribution < 1.29 is 13.9 Å². The molecule has 2 aromatic heterocycles. The Bertz CT molecular complexity index is 1450. The molecule has 2 N–H and O–H groups in total. The van der Waals surface area contributed by atoms with Crippen LogP contribution in [0, 0.1) is 5.82 Å². The van der Waals surface area contributed by atoms with Gasteiger partial charge in [0.15, 0.2) is 23.0 Å². The van der Waals surface area contributed by atoms with Gasteiger partial charge in [0.1, 0.15) is 0 Å². The van der Waals surface area contributed by atoms with Gasteiger partial charge in [-0.25, -0.2) is 14.4 Å². The van der Waals surface area contributed by atoms with Crippen LogP contribution in [0.5, 0.6) is 5.75 Å². The third kappa shape index (κ3) is 5.28. The minimum atomic E-state index is -0.452. The topological polar surface area (TPSA) is 87.0 Å². The van der Waals surface area contributed by atoms with Gasteiger partial charge in [-0.15, -0.1) is 0 Å². The number of amides is 1. The lowest BCUT2D eigenvalue weighted by molar-refractivity contribution is 0.0639. The monoisotopic (exact) mass is 537 g/mol. The molecule has 3 heterocycles. The molecule has 0 bridgehead atoms. The van der Waals surface area contributed by atoms with E-state index in [4.69, 9.17) is 16.3 Å². The molecule has 1 aliphatic rings. The second-order valence-electron chi connectivity index (χ2n) is 9.02. The second kappa shape index (κ2) is 11.3. The van der Waals surface area contributed by atoms with Crippen molar-refractivity contribution >= 4 is 34.7 Å². The van der Waals surface area contributed by atoms with Gasteiger partial charge in [0, 0.05) is 62.9 Å². The molecule has 9 nitrogen and oxygen atoms in total. The number of benzene rings is 2. The lowest BCUT2D eigenvalue weighted by Crippen LogP contribution is -2.49. The van der Waals surface area contributed by atoms with Crippen molar-refractivity contribution in [1.29, 1.82) is 0 Å². The fourth-order valence-electron chi connectivity index (χ4n) is 4.56. The van der Waals surface area contributed by atoms with E-state index in [1.165, 1.54) is 13.2 Å². The number of imidazole rings is 1. The van der Waals surface area contributed by atoms with Crippen LogP contribution >= 0.6 is 11.6 Å². The summed E-state index contributed by atoms with van der Waals surface area (Å²) in [5, 5.41) is 6.76. The third-order valence-electron chi connectivity index (χ3n) is 6.68. The summed E-state index contributed by atoms with van der Waals surface area (Å²) in [7, 11) is 3.37. The van der Waals surface area contributed by atoms with Crippen molar-refractivity contribution in [3.63, 3.8) is 0 Å². The normalized spacial score (nSPS) is 14.2. The van der Waals surface area contributed by atoms with Gasteiger partial charge in [0.05, 0.1) is 29.6 Å². The number of piperazine rings is 1. The first-order chi connectivity index (χ1) is 18.5. The lowest BCUT2D eigenvalue weighted by atomic mass is 10.1. The summed E-state index contributed by atoms with van der Waals surface area (Å²) < 4.78 is 21.1. The zero-order chi connectivity index (χ0) is 26.6. The quantitative estimate of drug-likeness (QED) is 0.352. The molecular formula is C27H29ClFN7O2. The highest BCUT2D eigenvalue weighted by atomic mass is 35.5. The van der Waals surface area contributed by atoms with Crippen LogP contribution < -0.4 is 15.4 Å². The number of carbonyl (C=O) groups is 1. The van der Waals surface area contributed by atoms with E-state index in [0.717, 1.165) is 26.2 Å². The molecule has 38 heavy (non-hydrogen) atoms. The summed E-state index contributed by atoms with van der Waals surface area (Å²) in [5.74, 6) is 0.157. The van der Waals surface area contributed by atoms with E-state index in [2.05, 4.69) is 25.5 Å². The molecule has 0 radical (unpaired) electrons. The van der Waals surface area contributed by atoms with Crippen LogP contribution in [0.4, 0.5) is 15.9 Å². The summed E-state index contributed by atoms with van der Waals surface area (Å²) in [6.45, 7) is 4.92. The average molecular weight is 538 g/mol. The predicted molar refractivity (Wildman–Crippen MR) is 146 cm³/mol. The fourth-order valence-corrected chi connectivity index (χ4v) is 4.83. The summed E-state index contributed by atoms with van der Waals surface area (Å²) >= 11 is 6.56. The summed E-state index contributed by atoms with van der Waals surface area (Å²) in [4.78, 5) is 26.2. The average Bonchev–Trinajstić information content (AvgIpc) is 3.37. The number of carbonyl (C=O) groups excluding carboxylic acids is 1. The molecule has 0 aliphatic carbocycles. The maximum Gasteiger partial charge on any atom is 0.255 e. The molecule has 1 amide bonds. The number of methoxy groups -OCH3 is 1. The van der Waals surface area contributed by atoms with Gasteiger partial charge >= 0.3 is 0 Å². The zero-order valence-electron chi connectivity index (χ0n) is 21.2. The molecule has 4 aromatic rings. The van der Waals surface area contributed by atoms with Gasteiger partial charge in [0.25, 0.3) is 5.91 Å². The molecule has 0 spiro atoms. The number of ether oxygens (including phenoxy) is 1. The van der Waals surface area contributed by atoms with Gasteiger partial charge < -0.3 is 20.3 Å². The zero-order valence-corrected chi connectivity index (χ0v) is 22.0. The van der Waals surface area contributed by atoms with E-state index < -0.39 is 5.82 Å². The van der Waals surface area contributed by atoms with Crippen LogP contribution in [0.3, 0.4) is 0 Å². The van der Waals surface area contributed by atoms with Gasteiger partial charge in [-0.3, -0.25) is 14.1 Å². The van der Waals surface area contributed by atoms with Crippen molar-refractivity contribution in [2.24, 2.45) is 0 Å². The number of nitrogens with one attached hydrogen (secondary N) is 2. The van der Waals surface area contributed by atoms with Crippen molar-refractivity contribution in [2.75, 3.05) is 58.7 Å². The molecule has 0 saturated carbocycles. The molecular weight excluding hydrogens is 509 g/mol. The Hall–Kier alpha value is -3.73. The van der Waals surface area contributed by atoms with Crippen LogP contribution in [0.1, 0.15) is 10.4 Å². The highest BCUT2D eigenvalue weighted by molar-refractivity contribution is 6.34. The Labute approximate surface area is 225 Å². The van der Waals surface area contributed by atoms with Crippen molar-refractivity contribution in [1.82, 2.24) is 29.5 Å². The number of halogens is 2. The number of likely N-dealkylation sites (N-methyl/N-ethyl adjacent to an activating group) is 1. The van der Waals surface area contributed by atoms with E-state index in [0.29, 0.717) is 52.1 Å². The molecule has 1 fully saturated rings. The Balaban J connectivity index is 1.32. The van der Waals surface area contributed by atoms with E-state index in [1.54, 1.807) is 48.9 Å². The summed E-state index contributed by atoms with van der Waals surface area (Å²) in [6.07, 6.45) is 5.06. The van der Waals surface area contributed by atoms with Gasteiger partial charge in [-0.1, -0.05) is 11.6 Å². The number of hydrogen-bond donors (Lipinski definition) is 2. The maximum atomic E-state index is 14.3. The van der Waals surface area contributed by atoms with Crippen LogP contribution in [-0.2, 0) is 0 Å². The molecule has 198 valence electrons. The smallest absolute Gasteiger partial charge is 0.255 e. The lowest BCUT2D eigenvalue weighted by Gasteiger charge is -2.34. The SMILES string of the molecule is CNCCN1CCN(C(=O)c2ccc(Nc3nccn4c(-c5ccc(OC)c(F)c5)cnc34)cc2Cl)CC1. The molecule has 5 rings (SSSR count). The van der Waals surface area contributed by atoms with Crippen molar-refractivity contribution in [2.45, 2.75) is 0 Å². The Morgan fingerprint density at radius 3 is 2.66 bits per heavy atom. The minimum Gasteiger partial charge on any atom is -0.494 e. The molecule has 2 aromatic carbocycles. The third-order valence-corrected chi connectivity index (χ3v) is 6.99. The first-order valence-electron chi connectivity index (χ1n) is 12.4. The highest BCUT2D eigenvalue weighted by Crippen LogP contribution is 2.29. The number of hydrogen-bond acceptors (Lipinski definition) is 7. The van der Waals surface area contributed by atoms with E-state index in [9.17, 15) is 9.18 Å². The summed E-state index contributed by atoms with van der Waals surface area (Å²) in [6, 6.07) is 10.0. The number of aromatic nitrogens is 3. The van der Waals surface area contributed by atoms with Crippen LogP contribution in [0.2, 0.25) is 5.02 Å². The van der Waals surface area contributed by atoms with Gasteiger partial charge in [0.2, 0.25) is 0 Å². The molecule has 1 aliphatic heterocycles. The Morgan fingerprint density at radius 2 is 1.95 bits per heavy atom. The van der Waals surface area contributed by atoms with E-state index in [1.807, 2.05) is 16.3 Å². The standard InChI is InChI=1S/C27H29ClFN7O2/c1-30-7-9-34-11-13-35(14-12-34)27(37)20-5-4-19(16-21(20)28)33-25-26-32-17-23(36(26)10-8-31-25)18-3-6-24(38-2)22(29)15-18/h3-6,8,10,15-17,30H,7,9,11-14H2,1-2H3,(H,31,33). The van der Waals surface area contributed by atoms with Crippen LogP contribution in [0.25, 0.3) is 16.9 Å². The number of fused-ring (bicyclic) bond motifs is 1. The van der Waals surface area contributed by atoms with E-state index in [-0.39, 0.29) is 11.7 Å². The van der Waals surface area contributed by atoms with Gasteiger partial charge in [-0.05, 0) is 43.4 Å². The molecule has 0 atom stereocenters. The van der Waals surface area contributed by atoms with Gasteiger partial charge in [-0.2, -0.15) is 0 Å². The van der Waals surface area contributed by atoms with Crippen molar-refractivity contribution in [3.05, 3.63) is 71.4 Å². The Morgan fingerprint density at radius 1 is 1.13 bits per heavy atom. The number of rotatable bonds is 8. The number of anilines is 2. The van der Waals surface area contributed by atoms with Crippen LogP contribution in [-0.4, -0.2) is 83.5 Å². The van der Waals surface area contributed by atoms with Crippen molar-refractivity contribution in [3.8, 4) is 17.0 Å². The largest absolute Gasteiger partial charge is 0.494 e. The van der Waals surface area contributed by atoms with E-state index >= 15 is 0 Å². The number of nitrogens with zero attached hydrogens (tertiary/aromatic N) is 5. The second-order valence-corrected chi connectivity index (χ2v) is 9.43. The fraction of sp³-hybridized carbons (Fsp3) is 0.296. The Kier molecular flexibility index (Phi) is 7.73. The maximum absolute atomic E-state index is 14.3. The first kappa shape index (κ1) is 25.9. The summed E-state index contributed by atoms with van der Waals surface area (Å²) in [5.41, 5.74) is 3.06. The van der Waals surface area contributed by atoms with Crippen LogP contribution in [0.15, 0.2) is 55.0 Å². The minimum absolute atomic E-state index is 0.0698. The molecule has 0 unspecified atom stereocenters. The molecule has 1 saturated heterocycles. The first-order valence-corrected chi connectivity index (χ1v) is 12.7. The highest BCUT2D eigenvalue weighted by Gasteiger charge is 2.23. The molecule has 11 heteroatoms.